The van der Waals surface area contributed by atoms with Gasteiger partial charge in [0.25, 0.3) is 5.91 Å². The summed E-state index contributed by atoms with van der Waals surface area (Å²) in [6.07, 6.45) is 3.94. The van der Waals surface area contributed by atoms with Crippen molar-refractivity contribution in [2.45, 2.75) is 44.2 Å². The Bertz CT molecular complexity index is 979. The molecule has 0 aromatic heterocycles. The number of ether oxygens (including phenoxy) is 1. The number of carbonyl (C=O) groups is 3. The topological polar surface area (TPSA) is 87.7 Å². The average molecular weight is 452 g/mol. The fraction of sp³-hybridized carbons (Fsp3) is 0.423. The average Bonchev–Trinajstić information content (AvgIpc) is 2.82. The summed E-state index contributed by atoms with van der Waals surface area (Å²) in [5.41, 5.74) is 1.70. The molecule has 2 aromatic carbocycles. The van der Waals surface area contributed by atoms with E-state index in [4.69, 9.17) is 4.74 Å². The van der Waals surface area contributed by atoms with Gasteiger partial charge >= 0.3 is 5.97 Å². The van der Waals surface area contributed by atoms with Crippen molar-refractivity contribution in [2.24, 2.45) is 0 Å². The van der Waals surface area contributed by atoms with Crippen LogP contribution in [0.15, 0.2) is 48.5 Å². The maximum Gasteiger partial charge on any atom is 0.325 e. The predicted molar refractivity (Wildman–Crippen MR) is 128 cm³/mol. The summed E-state index contributed by atoms with van der Waals surface area (Å²) in [6, 6.07) is 14.6. The number of anilines is 1. The third-order valence-electron chi connectivity index (χ3n) is 6.03. The molecule has 1 fully saturated rings. The van der Waals surface area contributed by atoms with Gasteiger partial charge in [0.2, 0.25) is 0 Å². The van der Waals surface area contributed by atoms with Crippen molar-refractivity contribution in [1.82, 2.24) is 10.2 Å². The molecule has 1 aliphatic carbocycles. The molecule has 7 heteroatoms. The van der Waals surface area contributed by atoms with Crippen LogP contribution < -0.4 is 10.6 Å². The summed E-state index contributed by atoms with van der Waals surface area (Å²) in [7, 11) is 5.31. The third-order valence-corrected chi connectivity index (χ3v) is 6.03. The third kappa shape index (κ3) is 6.20. The summed E-state index contributed by atoms with van der Waals surface area (Å²) < 4.78 is 4.69. The van der Waals surface area contributed by atoms with Crippen LogP contribution in [-0.2, 0) is 16.1 Å². The highest BCUT2D eigenvalue weighted by atomic mass is 16.5. The van der Waals surface area contributed by atoms with E-state index in [2.05, 4.69) is 15.5 Å². The monoisotopic (exact) mass is 451 g/mol. The number of hydrogen-bond acceptors (Lipinski definition) is 6. The number of nitrogens with zero attached hydrogens (tertiary/aromatic N) is 1. The zero-order valence-electron chi connectivity index (χ0n) is 19.6. The minimum Gasteiger partial charge on any atom is -0.468 e. The van der Waals surface area contributed by atoms with Gasteiger partial charge in [0.05, 0.1) is 7.11 Å². The second kappa shape index (κ2) is 11.1. The van der Waals surface area contributed by atoms with Crippen LogP contribution in [0.1, 0.15) is 58.4 Å². The molecular formula is C26H33N3O4. The zero-order valence-corrected chi connectivity index (χ0v) is 19.6. The molecule has 0 aliphatic heterocycles. The van der Waals surface area contributed by atoms with Crippen LogP contribution in [-0.4, -0.2) is 55.8 Å². The summed E-state index contributed by atoms with van der Waals surface area (Å²) in [6.45, 7) is 0.749. The second-order valence-electron chi connectivity index (χ2n) is 8.84. The Hall–Kier alpha value is -3.19. The predicted octanol–water partition coefficient (Wildman–Crippen LogP) is 3.65. The van der Waals surface area contributed by atoms with E-state index in [1.165, 1.54) is 7.11 Å². The Morgan fingerprint density at radius 1 is 0.970 bits per heavy atom. The first kappa shape index (κ1) is 24.5. The SMILES string of the molecule is COC(=O)CNc1ccccc1C(=O)C1(NC(=O)c2ccc(CN(C)C)cc2)CCCCC1. The largest absolute Gasteiger partial charge is 0.468 e. The first-order chi connectivity index (χ1) is 15.8. The van der Waals surface area contributed by atoms with Crippen LogP contribution in [0, 0.1) is 0 Å². The maximum absolute atomic E-state index is 13.8. The van der Waals surface area contributed by atoms with Gasteiger partial charge in [-0.2, -0.15) is 0 Å². The van der Waals surface area contributed by atoms with Crippen molar-refractivity contribution >= 4 is 23.3 Å². The fourth-order valence-corrected chi connectivity index (χ4v) is 4.31. The van der Waals surface area contributed by atoms with Gasteiger partial charge in [-0.3, -0.25) is 14.4 Å². The lowest BCUT2D eigenvalue weighted by molar-refractivity contribution is -0.138. The van der Waals surface area contributed by atoms with Gasteiger partial charge < -0.3 is 20.3 Å². The molecule has 0 heterocycles. The van der Waals surface area contributed by atoms with E-state index in [0.29, 0.717) is 29.7 Å². The fourth-order valence-electron chi connectivity index (χ4n) is 4.31. The molecule has 0 saturated heterocycles. The van der Waals surface area contributed by atoms with Crippen LogP contribution in [0.3, 0.4) is 0 Å². The highest BCUT2D eigenvalue weighted by Crippen LogP contribution is 2.33. The molecule has 1 saturated carbocycles. The Kier molecular flexibility index (Phi) is 8.22. The van der Waals surface area contributed by atoms with E-state index in [9.17, 15) is 14.4 Å². The second-order valence-corrected chi connectivity index (χ2v) is 8.84. The molecule has 0 atom stereocenters. The minimum atomic E-state index is -0.972. The quantitative estimate of drug-likeness (QED) is 0.447. The number of methoxy groups -OCH3 is 1. The summed E-state index contributed by atoms with van der Waals surface area (Å²) in [4.78, 5) is 40.7. The zero-order chi connectivity index (χ0) is 23.8. The number of carbonyl (C=O) groups excluding carboxylic acids is 3. The molecule has 176 valence electrons. The highest BCUT2D eigenvalue weighted by molar-refractivity contribution is 6.10. The van der Waals surface area contributed by atoms with Crippen LogP contribution >= 0.6 is 0 Å². The van der Waals surface area contributed by atoms with Crippen molar-refractivity contribution < 1.29 is 19.1 Å². The molecule has 0 spiro atoms. The standard InChI is InChI=1S/C26H33N3O4/c1-29(2)18-19-11-13-20(14-12-19)25(32)28-26(15-7-4-8-16-26)24(31)21-9-5-6-10-22(21)27-17-23(30)33-3/h5-6,9-14,27H,4,7-8,15-18H2,1-3H3,(H,28,32). The van der Waals surface area contributed by atoms with Crippen molar-refractivity contribution in [1.29, 1.82) is 0 Å². The van der Waals surface area contributed by atoms with Crippen molar-refractivity contribution in [2.75, 3.05) is 33.1 Å². The Balaban J connectivity index is 1.84. The van der Waals surface area contributed by atoms with Crippen molar-refractivity contribution in [3.8, 4) is 0 Å². The molecule has 0 radical (unpaired) electrons. The number of hydrogen-bond donors (Lipinski definition) is 2. The Labute approximate surface area is 195 Å². The summed E-state index contributed by atoms with van der Waals surface area (Å²) in [5, 5.41) is 6.09. The minimum absolute atomic E-state index is 0.0422. The van der Waals surface area contributed by atoms with Gasteiger partial charge in [-0.05, 0) is 56.8 Å². The van der Waals surface area contributed by atoms with Crippen molar-refractivity contribution in [3.05, 3.63) is 65.2 Å². The van der Waals surface area contributed by atoms with E-state index >= 15 is 0 Å². The van der Waals surface area contributed by atoms with Gasteiger partial charge in [-0.25, -0.2) is 0 Å². The van der Waals surface area contributed by atoms with Gasteiger partial charge in [0.15, 0.2) is 5.78 Å². The molecule has 33 heavy (non-hydrogen) atoms. The van der Waals surface area contributed by atoms with E-state index in [1.807, 2.05) is 26.2 Å². The van der Waals surface area contributed by atoms with E-state index < -0.39 is 11.5 Å². The first-order valence-corrected chi connectivity index (χ1v) is 11.4. The highest BCUT2D eigenvalue weighted by Gasteiger charge is 2.42. The van der Waals surface area contributed by atoms with E-state index in [1.54, 1.807) is 36.4 Å². The molecule has 2 aromatic rings. The number of ketones is 1. The molecule has 0 unspecified atom stereocenters. The number of benzene rings is 2. The molecule has 1 amide bonds. The van der Waals surface area contributed by atoms with Gasteiger partial charge in [-0.15, -0.1) is 0 Å². The number of rotatable bonds is 9. The van der Waals surface area contributed by atoms with Gasteiger partial charge in [-0.1, -0.05) is 43.5 Å². The van der Waals surface area contributed by atoms with E-state index in [0.717, 1.165) is 31.4 Å². The maximum atomic E-state index is 13.8. The van der Waals surface area contributed by atoms with E-state index in [-0.39, 0.29) is 18.2 Å². The Morgan fingerprint density at radius 3 is 2.27 bits per heavy atom. The van der Waals surface area contributed by atoms with Crippen LogP contribution in [0.2, 0.25) is 0 Å². The smallest absolute Gasteiger partial charge is 0.325 e. The van der Waals surface area contributed by atoms with Gasteiger partial charge in [0, 0.05) is 23.4 Å². The summed E-state index contributed by atoms with van der Waals surface area (Å²) >= 11 is 0. The molecule has 0 bridgehead atoms. The molecular weight excluding hydrogens is 418 g/mol. The number of esters is 1. The van der Waals surface area contributed by atoms with Crippen LogP contribution in [0.5, 0.6) is 0 Å². The lowest BCUT2D eigenvalue weighted by atomic mass is 9.76. The summed E-state index contributed by atoms with van der Waals surface area (Å²) in [5.74, 6) is -0.801. The number of para-hydroxylation sites is 1. The lowest BCUT2D eigenvalue weighted by Gasteiger charge is -2.37. The number of Topliss-reactive ketones (excluding diaryl/α,β-unsaturated/α-hetero) is 1. The molecule has 7 nitrogen and oxygen atoms in total. The van der Waals surface area contributed by atoms with Crippen LogP contribution in [0.4, 0.5) is 5.69 Å². The number of amides is 1. The Morgan fingerprint density at radius 2 is 1.64 bits per heavy atom. The number of nitrogens with one attached hydrogen (secondary N) is 2. The van der Waals surface area contributed by atoms with Crippen molar-refractivity contribution in [3.63, 3.8) is 0 Å². The molecule has 3 rings (SSSR count). The normalized spacial score (nSPS) is 15.0. The first-order valence-electron chi connectivity index (χ1n) is 11.4. The van der Waals surface area contributed by atoms with Gasteiger partial charge in [0.1, 0.15) is 12.1 Å². The molecule has 1 aliphatic rings. The lowest BCUT2D eigenvalue weighted by Crippen LogP contribution is -2.55. The van der Waals surface area contributed by atoms with Crippen LogP contribution in [0.25, 0.3) is 0 Å². The molecule has 2 N–H and O–H groups in total.